The number of likely N-dealkylation sites (tertiary alicyclic amines) is 1. The number of nitrogens with zero attached hydrogens (tertiary/aromatic N) is 4. The summed E-state index contributed by atoms with van der Waals surface area (Å²) in [6.45, 7) is 4.62. The predicted molar refractivity (Wildman–Crippen MR) is 76.4 cm³/mol. The number of methoxy groups -OCH3 is 1. The molecular formula is C15H20N4O. The number of hydrogen-bond donors (Lipinski definition) is 0. The summed E-state index contributed by atoms with van der Waals surface area (Å²) in [5.41, 5.74) is 1.20. The second kappa shape index (κ2) is 6.15. The first kappa shape index (κ1) is 13.3. The molecule has 106 valence electrons. The summed E-state index contributed by atoms with van der Waals surface area (Å²) in [5, 5.41) is 0. The van der Waals surface area contributed by atoms with Crippen molar-refractivity contribution in [1.29, 1.82) is 0 Å². The van der Waals surface area contributed by atoms with Gasteiger partial charge in [-0.15, -0.1) is 0 Å². The standard InChI is InChI=1S/C15H20N4O/c1-20-9-8-19-7-6-17-15(19)12-18-10-13(11-18)14-4-2-3-5-16-14/h2-7,13H,8-12H2,1H3. The fourth-order valence-electron chi connectivity index (χ4n) is 2.59. The smallest absolute Gasteiger partial charge is 0.122 e. The van der Waals surface area contributed by atoms with Crippen LogP contribution in [0, 0.1) is 0 Å². The zero-order valence-corrected chi connectivity index (χ0v) is 11.8. The van der Waals surface area contributed by atoms with Crippen LogP contribution >= 0.6 is 0 Å². The first-order valence-electron chi connectivity index (χ1n) is 6.99. The van der Waals surface area contributed by atoms with Gasteiger partial charge in [0, 0.05) is 56.9 Å². The summed E-state index contributed by atoms with van der Waals surface area (Å²) in [6, 6.07) is 6.14. The number of pyridine rings is 1. The number of imidazole rings is 1. The van der Waals surface area contributed by atoms with Crippen LogP contribution in [0.2, 0.25) is 0 Å². The third-order valence-electron chi connectivity index (χ3n) is 3.77. The second-order valence-electron chi connectivity index (χ2n) is 5.18. The van der Waals surface area contributed by atoms with E-state index in [-0.39, 0.29) is 0 Å². The Morgan fingerprint density at radius 1 is 1.25 bits per heavy atom. The molecule has 0 unspecified atom stereocenters. The SMILES string of the molecule is COCCn1ccnc1CN1CC(c2ccccn2)C1. The number of rotatable bonds is 6. The maximum absolute atomic E-state index is 5.12. The van der Waals surface area contributed by atoms with Crippen molar-refractivity contribution in [3.8, 4) is 0 Å². The van der Waals surface area contributed by atoms with Crippen LogP contribution in [0.5, 0.6) is 0 Å². The molecule has 0 amide bonds. The molecule has 0 N–H and O–H groups in total. The van der Waals surface area contributed by atoms with Crippen LogP contribution in [0.3, 0.4) is 0 Å². The van der Waals surface area contributed by atoms with E-state index in [0.29, 0.717) is 5.92 Å². The zero-order valence-electron chi connectivity index (χ0n) is 11.8. The lowest BCUT2D eigenvalue weighted by Gasteiger charge is -2.38. The summed E-state index contributed by atoms with van der Waals surface area (Å²) in [4.78, 5) is 11.3. The molecule has 20 heavy (non-hydrogen) atoms. The van der Waals surface area contributed by atoms with Gasteiger partial charge in [0.15, 0.2) is 0 Å². The van der Waals surface area contributed by atoms with Gasteiger partial charge in [-0.2, -0.15) is 0 Å². The van der Waals surface area contributed by atoms with Crippen molar-refractivity contribution in [3.63, 3.8) is 0 Å². The quantitative estimate of drug-likeness (QED) is 0.800. The molecule has 0 saturated carbocycles. The van der Waals surface area contributed by atoms with Gasteiger partial charge in [-0.05, 0) is 12.1 Å². The van der Waals surface area contributed by atoms with Gasteiger partial charge in [-0.3, -0.25) is 9.88 Å². The Morgan fingerprint density at radius 2 is 2.15 bits per heavy atom. The predicted octanol–water partition coefficient (Wildman–Crippen LogP) is 1.52. The van der Waals surface area contributed by atoms with E-state index in [0.717, 1.165) is 38.6 Å². The van der Waals surface area contributed by atoms with Gasteiger partial charge in [0.05, 0.1) is 13.2 Å². The molecule has 5 nitrogen and oxygen atoms in total. The second-order valence-corrected chi connectivity index (χ2v) is 5.18. The Hall–Kier alpha value is -1.72. The molecule has 0 radical (unpaired) electrons. The van der Waals surface area contributed by atoms with Crippen LogP contribution in [-0.4, -0.2) is 46.2 Å². The normalized spacial score (nSPS) is 16.2. The monoisotopic (exact) mass is 272 g/mol. The molecule has 2 aromatic rings. The van der Waals surface area contributed by atoms with Crippen LogP contribution in [0.4, 0.5) is 0 Å². The molecule has 3 heterocycles. The van der Waals surface area contributed by atoms with Gasteiger partial charge in [-0.25, -0.2) is 4.98 Å². The summed E-state index contributed by atoms with van der Waals surface area (Å²) < 4.78 is 7.28. The van der Waals surface area contributed by atoms with E-state index < -0.39 is 0 Å². The third kappa shape index (κ3) is 2.89. The van der Waals surface area contributed by atoms with Crippen molar-refractivity contribution < 1.29 is 4.74 Å². The topological polar surface area (TPSA) is 43.2 Å². The molecular weight excluding hydrogens is 252 g/mol. The molecule has 5 heteroatoms. The Kier molecular flexibility index (Phi) is 4.08. The highest BCUT2D eigenvalue weighted by Gasteiger charge is 2.29. The Bertz CT molecular complexity index is 534. The van der Waals surface area contributed by atoms with E-state index in [1.807, 2.05) is 24.7 Å². The van der Waals surface area contributed by atoms with Crippen LogP contribution in [0.25, 0.3) is 0 Å². The van der Waals surface area contributed by atoms with Crippen molar-refractivity contribution in [2.24, 2.45) is 0 Å². The lowest BCUT2D eigenvalue weighted by atomic mass is 9.96. The Labute approximate surface area is 119 Å². The van der Waals surface area contributed by atoms with E-state index in [1.54, 1.807) is 7.11 Å². The molecule has 0 spiro atoms. The first-order chi connectivity index (χ1) is 9.86. The molecule has 0 aromatic carbocycles. The summed E-state index contributed by atoms with van der Waals surface area (Å²) in [5.74, 6) is 1.68. The minimum atomic E-state index is 0.568. The van der Waals surface area contributed by atoms with Gasteiger partial charge >= 0.3 is 0 Å². The average Bonchev–Trinajstić information content (AvgIpc) is 2.88. The summed E-state index contributed by atoms with van der Waals surface area (Å²) >= 11 is 0. The Balaban J connectivity index is 1.53. The molecule has 3 rings (SSSR count). The maximum atomic E-state index is 5.12. The first-order valence-corrected chi connectivity index (χ1v) is 6.99. The van der Waals surface area contributed by atoms with Crippen molar-refractivity contribution >= 4 is 0 Å². The number of ether oxygens (including phenoxy) is 1. The highest BCUT2D eigenvalue weighted by molar-refractivity contribution is 5.14. The van der Waals surface area contributed by atoms with Crippen molar-refractivity contribution in [2.45, 2.75) is 19.0 Å². The highest BCUT2D eigenvalue weighted by Crippen LogP contribution is 2.26. The van der Waals surface area contributed by atoms with Gasteiger partial charge in [0.25, 0.3) is 0 Å². The fraction of sp³-hybridized carbons (Fsp3) is 0.467. The largest absolute Gasteiger partial charge is 0.383 e. The van der Waals surface area contributed by atoms with Crippen LogP contribution in [0.1, 0.15) is 17.4 Å². The molecule has 1 saturated heterocycles. The van der Waals surface area contributed by atoms with Crippen molar-refractivity contribution in [2.75, 3.05) is 26.8 Å². The highest BCUT2D eigenvalue weighted by atomic mass is 16.5. The minimum absolute atomic E-state index is 0.568. The third-order valence-corrected chi connectivity index (χ3v) is 3.77. The Morgan fingerprint density at radius 3 is 2.90 bits per heavy atom. The lowest BCUT2D eigenvalue weighted by molar-refractivity contribution is 0.129. The van der Waals surface area contributed by atoms with Crippen LogP contribution in [0.15, 0.2) is 36.8 Å². The molecule has 0 aliphatic carbocycles. The zero-order chi connectivity index (χ0) is 13.8. The van der Waals surface area contributed by atoms with E-state index in [4.69, 9.17) is 4.74 Å². The fourth-order valence-corrected chi connectivity index (χ4v) is 2.59. The van der Waals surface area contributed by atoms with Gasteiger partial charge < -0.3 is 9.30 Å². The summed E-state index contributed by atoms with van der Waals surface area (Å²) in [6.07, 6.45) is 5.75. The van der Waals surface area contributed by atoms with E-state index in [9.17, 15) is 0 Å². The minimum Gasteiger partial charge on any atom is -0.383 e. The number of aromatic nitrogens is 3. The molecule has 0 bridgehead atoms. The average molecular weight is 272 g/mol. The molecule has 1 fully saturated rings. The van der Waals surface area contributed by atoms with E-state index in [2.05, 4.69) is 31.6 Å². The molecule has 2 aromatic heterocycles. The van der Waals surface area contributed by atoms with Crippen molar-refractivity contribution in [1.82, 2.24) is 19.4 Å². The molecule has 1 aliphatic rings. The van der Waals surface area contributed by atoms with Crippen LogP contribution in [-0.2, 0) is 17.8 Å². The van der Waals surface area contributed by atoms with Crippen molar-refractivity contribution in [3.05, 3.63) is 48.3 Å². The van der Waals surface area contributed by atoms with E-state index in [1.165, 1.54) is 5.69 Å². The lowest BCUT2D eigenvalue weighted by Crippen LogP contribution is -2.45. The van der Waals surface area contributed by atoms with Gasteiger partial charge in [-0.1, -0.05) is 6.07 Å². The van der Waals surface area contributed by atoms with Gasteiger partial charge in [0.1, 0.15) is 5.82 Å². The maximum Gasteiger partial charge on any atom is 0.122 e. The summed E-state index contributed by atoms with van der Waals surface area (Å²) in [7, 11) is 1.73. The van der Waals surface area contributed by atoms with Gasteiger partial charge in [0.2, 0.25) is 0 Å². The molecule has 1 aliphatic heterocycles. The molecule has 0 atom stereocenters. The van der Waals surface area contributed by atoms with E-state index >= 15 is 0 Å². The van der Waals surface area contributed by atoms with Crippen LogP contribution < -0.4 is 0 Å². The number of hydrogen-bond acceptors (Lipinski definition) is 4.